The van der Waals surface area contributed by atoms with Gasteiger partial charge in [0.05, 0.1) is 31.6 Å². The van der Waals surface area contributed by atoms with E-state index >= 15 is 0 Å². The SMILES string of the molecule is NC1C=C2C#CC(CCc3ccc(O)c(Cc4cccc(O)c4)c3)CCCC3CC(O)C4CCc5c(ccc(O)c5OCc5cc(C67CCOCC6CCc6ccccc67)cc6cn(cc56)C(=C2CO3)N1)C4. The summed E-state index contributed by atoms with van der Waals surface area (Å²) in [6, 6.07) is 30.5. The first-order valence-electron chi connectivity index (χ1n) is 26.3. The zero-order chi connectivity index (χ0) is 48.9. The maximum Gasteiger partial charge on any atom is 0.164 e. The Labute approximate surface area is 422 Å². The van der Waals surface area contributed by atoms with Crippen LogP contribution in [-0.4, -0.2) is 63.2 Å². The van der Waals surface area contributed by atoms with E-state index < -0.39 is 12.3 Å². The number of nitrogens with zero attached hydrogens (tertiary/aromatic N) is 1. The van der Waals surface area contributed by atoms with Crippen LogP contribution in [0.15, 0.2) is 121 Å². The summed E-state index contributed by atoms with van der Waals surface area (Å²) in [5.41, 5.74) is 18.5. The second kappa shape index (κ2) is 19.5. The normalized spacial score (nSPS) is 25.9. The number of hydrogen-bond donors (Lipinski definition) is 6. The molecular formula is C62H65N3O7. The first-order chi connectivity index (χ1) is 35.1. The lowest BCUT2D eigenvalue weighted by atomic mass is 9.57. The maximum atomic E-state index is 12.1. The molecule has 7 unspecified atom stereocenters. The Balaban J connectivity index is 0.957. The van der Waals surface area contributed by atoms with Gasteiger partial charge in [0, 0.05) is 64.2 Å². The lowest BCUT2D eigenvalue weighted by molar-refractivity contribution is -0.00226. The van der Waals surface area contributed by atoms with Gasteiger partial charge in [-0.05, 0) is 170 Å². The molecule has 10 nitrogen and oxygen atoms in total. The molecule has 2 aliphatic carbocycles. The fraction of sp³-hybridized carbons (Fsp3) is 0.387. The molecule has 7 N–H and O–H groups in total. The average molecular weight is 964 g/mol. The van der Waals surface area contributed by atoms with Gasteiger partial charge in [-0.15, -0.1) is 0 Å². The summed E-state index contributed by atoms with van der Waals surface area (Å²) in [4.78, 5) is 0. The summed E-state index contributed by atoms with van der Waals surface area (Å²) < 4.78 is 22.3. The zero-order valence-corrected chi connectivity index (χ0v) is 40.9. The van der Waals surface area contributed by atoms with Crippen molar-refractivity contribution in [2.75, 3.05) is 19.8 Å². The van der Waals surface area contributed by atoms with Crippen LogP contribution in [0.4, 0.5) is 0 Å². The summed E-state index contributed by atoms with van der Waals surface area (Å²) in [6.07, 6.45) is 15.4. The van der Waals surface area contributed by atoms with E-state index in [1.54, 1.807) is 24.3 Å². The predicted molar refractivity (Wildman–Crippen MR) is 280 cm³/mol. The van der Waals surface area contributed by atoms with Gasteiger partial charge in [-0.25, -0.2) is 0 Å². The third kappa shape index (κ3) is 8.95. The highest BCUT2D eigenvalue weighted by molar-refractivity contribution is 5.88. The highest BCUT2D eigenvalue weighted by Crippen LogP contribution is 2.52. The molecule has 72 heavy (non-hydrogen) atoms. The summed E-state index contributed by atoms with van der Waals surface area (Å²) in [5, 5.41) is 50.3. The molecule has 0 spiro atoms. The lowest BCUT2D eigenvalue weighted by Gasteiger charge is -2.49. The van der Waals surface area contributed by atoms with Gasteiger partial charge in [0.2, 0.25) is 0 Å². The molecule has 5 aliphatic heterocycles. The monoisotopic (exact) mass is 963 g/mol. The summed E-state index contributed by atoms with van der Waals surface area (Å²) in [7, 11) is 0. The average Bonchev–Trinajstić information content (AvgIpc) is 3.82. The molecule has 0 saturated carbocycles. The van der Waals surface area contributed by atoms with Gasteiger partial charge in [-0.3, -0.25) is 0 Å². The predicted octanol–water partition coefficient (Wildman–Crippen LogP) is 9.87. The number of nitrogens with one attached hydrogen (secondary N) is 1. The highest BCUT2D eigenvalue weighted by atomic mass is 16.5. The Morgan fingerprint density at radius 3 is 2.65 bits per heavy atom. The number of ether oxygens (including phenoxy) is 3. The highest BCUT2D eigenvalue weighted by Gasteiger charge is 2.48. The van der Waals surface area contributed by atoms with E-state index in [2.05, 4.69) is 76.6 Å². The van der Waals surface area contributed by atoms with E-state index in [1.165, 1.54) is 16.7 Å². The first kappa shape index (κ1) is 46.6. The number of aliphatic hydroxyl groups excluding tert-OH is 1. The quantitative estimate of drug-likeness (QED) is 0.0897. The van der Waals surface area contributed by atoms with Crippen molar-refractivity contribution >= 4 is 16.6 Å². The molecule has 10 heteroatoms. The van der Waals surface area contributed by atoms with E-state index in [0.29, 0.717) is 57.2 Å². The Morgan fingerprint density at radius 1 is 0.833 bits per heavy atom. The number of aryl methyl sites for hydroxylation is 2. The first-order valence-corrected chi connectivity index (χ1v) is 26.3. The fourth-order valence-corrected chi connectivity index (χ4v) is 13.2. The number of rotatable bonds is 6. The minimum absolute atomic E-state index is 0.0339. The molecule has 6 aromatic rings. The van der Waals surface area contributed by atoms with E-state index in [0.717, 1.165) is 119 Å². The summed E-state index contributed by atoms with van der Waals surface area (Å²) in [6.45, 7) is 1.95. The Bertz CT molecular complexity index is 3180. The van der Waals surface area contributed by atoms with Gasteiger partial charge in [-0.2, -0.15) is 0 Å². The van der Waals surface area contributed by atoms with Gasteiger partial charge in [0.15, 0.2) is 11.5 Å². The Kier molecular flexibility index (Phi) is 12.6. The number of dihydropyridines is 1. The van der Waals surface area contributed by atoms with Crippen LogP contribution in [0.25, 0.3) is 16.6 Å². The Hall–Kier alpha value is -6.48. The minimum Gasteiger partial charge on any atom is -0.508 e. The van der Waals surface area contributed by atoms with Gasteiger partial charge >= 0.3 is 0 Å². The molecule has 5 aromatic carbocycles. The molecule has 0 amide bonds. The van der Waals surface area contributed by atoms with Crippen LogP contribution in [-0.2, 0) is 53.6 Å². The fourth-order valence-electron chi connectivity index (χ4n) is 13.2. The number of aromatic hydroxyl groups is 3. The number of aliphatic hydroxyl groups is 1. The van der Waals surface area contributed by atoms with Gasteiger partial charge in [-0.1, -0.05) is 72.5 Å². The second-order valence-corrected chi connectivity index (χ2v) is 21.4. The molecule has 1 fully saturated rings. The molecule has 1 aromatic heterocycles. The number of nitrogens with two attached hydrogens (primary N) is 1. The standard InChI is InChI=1S/C62H65N3O7/c63-59-31-43-15-13-38(11-12-39-14-21-56(67)45(25-39)26-40-6-3-8-50(66)27-40)5-4-9-51-32-58(69)44-17-20-52-42(28-44)18-22-57(68)60(52)72-35-47-30-49(29-46-33-65(34-53(46)47)61(64-59)54(43)37-71-51)62-23-24-70-36-48(62)19-16-41-7-1-2-10-55(41)62/h1-3,6-8,10,14,18,21-22,25,27,29-31,33-34,38,44,48,51,58-59,64,66-69H,4-5,9,11-12,16-17,19-20,23-24,26,28,32,35-37,63H2. The molecular weight excluding hydrogens is 899 g/mol. The van der Waals surface area contributed by atoms with E-state index in [9.17, 15) is 20.4 Å². The number of fused-ring (bicyclic) bond motifs is 6. The van der Waals surface area contributed by atoms with Crippen molar-refractivity contribution in [2.45, 2.75) is 114 Å². The Morgan fingerprint density at radius 2 is 1.74 bits per heavy atom. The molecule has 7 atom stereocenters. The van der Waals surface area contributed by atoms with Crippen LogP contribution in [0.2, 0.25) is 0 Å². The van der Waals surface area contributed by atoms with E-state index in [-0.39, 0.29) is 47.2 Å². The van der Waals surface area contributed by atoms with Gasteiger partial charge in [0.25, 0.3) is 0 Å². The van der Waals surface area contributed by atoms with Crippen LogP contribution in [0.5, 0.6) is 23.0 Å². The van der Waals surface area contributed by atoms with Crippen molar-refractivity contribution in [2.24, 2.45) is 23.5 Å². The third-order valence-electron chi connectivity index (χ3n) is 17.0. The van der Waals surface area contributed by atoms with E-state index in [1.807, 2.05) is 30.3 Å². The zero-order valence-electron chi connectivity index (χ0n) is 40.9. The topological polar surface area (TPSA) is 152 Å². The minimum atomic E-state index is -0.580. The molecule has 8 bridgehead atoms. The van der Waals surface area contributed by atoms with Crippen LogP contribution in [0, 0.1) is 29.6 Å². The number of aromatic nitrogens is 1. The number of phenols is 3. The number of phenolic OH excluding ortho intramolecular Hbond substituents is 3. The number of benzene rings is 5. The van der Waals surface area contributed by atoms with Gasteiger partial charge < -0.3 is 50.3 Å². The van der Waals surface area contributed by atoms with Crippen LogP contribution >= 0.6 is 0 Å². The molecule has 370 valence electrons. The van der Waals surface area contributed by atoms with Gasteiger partial charge in [0.1, 0.15) is 23.9 Å². The van der Waals surface area contributed by atoms with Crippen molar-refractivity contribution in [3.63, 3.8) is 0 Å². The maximum absolute atomic E-state index is 12.1. The van der Waals surface area contributed by atoms with E-state index in [4.69, 9.17) is 19.9 Å². The smallest absolute Gasteiger partial charge is 0.164 e. The van der Waals surface area contributed by atoms with Crippen LogP contribution in [0.1, 0.15) is 101 Å². The molecule has 13 rings (SSSR count). The largest absolute Gasteiger partial charge is 0.508 e. The molecule has 7 aliphatic rings. The van der Waals surface area contributed by atoms with Crippen molar-refractivity contribution < 1.29 is 34.6 Å². The van der Waals surface area contributed by atoms with Crippen molar-refractivity contribution in [1.82, 2.24) is 9.88 Å². The van der Waals surface area contributed by atoms with Crippen LogP contribution in [0.3, 0.4) is 0 Å². The lowest BCUT2D eigenvalue weighted by Crippen LogP contribution is -2.47. The molecule has 1 saturated heterocycles. The molecule has 0 radical (unpaired) electrons. The van der Waals surface area contributed by atoms with Crippen molar-refractivity contribution in [3.05, 3.63) is 171 Å². The van der Waals surface area contributed by atoms with Crippen LogP contribution < -0.4 is 15.8 Å². The van der Waals surface area contributed by atoms with Crippen molar-refractivity contribution in [3.8, 4) is 34.8 Å². The summed E-state index contributed by atoms with van der Waals surface area (Å²) in [5.74, 6) is 9.75. The molecule has 6 heterocycles. The second-order valence-electron chi connectivity index (χ2n) is 21.4. The number of hydrogen-bond acceptors (Lipinski definition) is 9. The van der Waals surface area contributed by atoms with Crippen molar-refractivity contribution in [1.29, 1.82) is 0 Å². The summed E-state index contributed by atoms with van der Waals surface area (Å²) >= 11 is 0. The third-order valence-corrected chi connectivity index (χ3v) is 17.0.